The number of para-hydroxylation sites is 2. The summed E-state index contributed by atoms with van der Waals surface area (Å²) in [5, 5.41) is 4.76. The second kappa shape index (κ2) is 11.4. The van der Waals surface area contributed by atoms with E-state index in [0.29, 0.717) is 0 Å². The van der Waals surface area contributed by atoms with Gasteiger partial charge in [0.1, 0.15) is 11.2 Å². The topological polar surface area (TPSA) is 18.1 Å². The number of halogens is 1. The van der Waals surface area contributed by atoms with Gasteiger partial charge < -0.3 is 8.98 Å². The zero-order chi connectivity index (χ0) is 34.3. The van der Waals surface area contributed by atoms with Crippen molar-refractivity contribution in [3.8, 4) is 39.1 Å². The summed E-state index contributed by atoms with van der Waals surface area (Å²) in [5.74, 6) is 0.178. The van der Waals surface area contributed by atoms with E-state index in [1.165, 1.54) is 77.6 Å². The summed E-state index contributed by atoms with van der Waals surface area (Å²) < 4.78 is 9.63. The second-order valence-corrected chi connectivity index (χ2v) is 14.6. The summed E-state index contributed by atoms with van der Waals surface area (Å²) in [6.45, 7) is 0. The summed E-state index contributed by atoms with van der Waals surface area (Å²) in [4.78, 5) is 0. The van der Waals surface area contributed by atoms with E-state index in [0.717, 1.165) is 26.4 Å². The van der Waals surface area contributed by atoms with Crippen LogP contribution in [0.3, 0.4) is 0 Å². The Balaban J connectivity index is 1.08. The molecule has 2 aromatic heterocycles. The Hall–Kier alpha value is -6.16. The summed E-state index contributed by atoms with van der Waals surface area (Å²) in [7, 11) is 0. The van der Waals surface area contributed by atoms with E-state index in [1.54, 1.807) is 0 Å². The maximum atomic E-state index is 6.21. The molecule has 1 unspecified atom stereocenters. The molecule has 11 rings (SSSR count). The van der Waals surface area contributed by atoms with Gasteiger partial charge in [-0.25, -0.2) is 0 Å². The average Bonchev–Trinajstić information content (AvgIpc) is 3.85. The maximum Gasteiger partial charge on any atom is 0.136 e. The Morgan fingerprint density at radius 3 is 1.79 bits per heavy atom. The van der Waals surface area contributed by atoms with Crippen LogP contribution < -0.4 is 0 Å². The lowest BCUT2D eigenvalue weighted by Crippen LogP contribution is -1.98. The molecule has 0 bridgehead atoms. The van der Waals surface area contributed by atoms with Crippen LogP contribution in [0.1, 0.15) is 22.6 Å². The minimum atomic E-state index is 0.178. The van der Waals surface area contributed by atoms with Gasteiger partial charge in [-0.2, -0.15) is 0 Å². The van der Waals surface area contributed by atoms with Gasteiger partial charge in [-0.3, -0.25) is 0 Å². The minimum Gasteiger partial charge on any atom is -0.456 e. The highest BCUT2D eigenvalue weighted by molar-refractivity contribution is 9.10. The minimum absolute atomic E-state index is 0.178. The van der Waals surface area contributed by atoms with Gasteiger partial charge in [-0.15, -0.1) is 0 Å². The molecule has 0 saturated heterocycles. The molecule has 0 aliphatic heterocycles. The third-order valence-electron chi connectivity index (χ3n) is 10.9. The van der Waals surface area contributed by atoms with Crippen molar-refractivity contribution in [3.63, 3.8) is 0 Å². The number of furan rings is 1. The van der Waals surface area contributed by atoms with Crippen LogP contribution in [-0.2, 0) is 0 Å². The third kappa shape index (κ3) is 4.43. The highest BCUT2D eigenvalue weighted by Crippen LogP contribution is 2.50. The zero-order valence-electron chi connectivity index (χ0n) is 28.1. The summed E-state index contributed by atoms with van der Waals surface area (Å²) in [6, 6.07) is 64.1. The molecule has 0 N–H and O–H groups in total. The van der Waals surface area contributed by atoms with Gasteiger partial charge in [0.05, 0.1) is 11.0 Å². The number of fused-ring (bicyclic) bond motifs is 9. The Morgan fingerprint density at radius 2 is 1.04 bits per heavy atom. The van der Waals surface area contributed by atoms with Crippen molar-refractivity contribution >= 4 is 59.7 Å². The largest absolute Gasteiger partial charge is 0.456 e. The maximum absolute atomic E-state index is 6.21. The van der Waals surface area contributed by atoms with Crippen LogP contribution in [0.4, 0.5) is 0 Å². The van der Waals surface area contributed by atoms with Gasteiger partial charge in [0, 0.05) is 37.6 Å². The van der Waals surface area contributed by atoms with E-state index in [1.807, 2.05) is 12.1 Å². The van der Waals surface area contributed by atoms with Crippen LogP contribution in [0.25, 0.3) is 82.8 Å². The molecule has 52 heavy (non-hydrogen) atoms. The molecule has 3 heteroatoms. The molecule has 1 atom stereocenters. The first kappa shape index (κ1) is 29.6. The van der Waals surface area contributed by atoms with E-state index < -0.39 is 0 Å². The van der Waals surface area contributed by atoms with E-state index in [9.17, 15) is 0 Å². The van der Waals surface area contributed by atoms with Crippen LogP contribution in [-0.4, -0.2) is 4.57 Å². The van der Waals surface area contributed by atoms with E-state index in [-0.39, 0.29) is 5.92 Å². The van der Waals surface area contributed by atoms with Crippen molar-refractivity contribution in [1.29, 1.82) is 0 Å². The first-order valence-corrected chi connectivity index (χ1v) is 18.5. The molecule has 0 radical (unpaired) electrons. The SMILES string of the molecule is Brc1cccc2oc3ccc(-c4ccc5c(c4)-c4cc(-c6ccc7c(c6)c6ccccc6n7-c6ccccc6)ccc4C5c4ccccc4)cc3c12. The van der Waals surface area contributed by atoms with Gasteiger partial charge >= 0.3 is 0 Å². The van der Waals surface area contributed by atoms with Crippen LogP contribution in [0, 0.1) is 0 Å². The molecule has 2 heterocycles. The fourth-order valence-corrected chi connectivity index (χ4v) is 9.15. The number of benzene rings is 8. The Bertz CT molecular complexity index is 3030. The van der Waals surface area contributed by atoms with E-state index in [4.69, 9.17) is 4.42 Å². The number of hydrogen-bond acceptors (Lipinski definition) is 1. The number of hydrogen-bond donors (Lipinski definition) is 0. The van der Waals surface area contributed by atoms with Gasteiger partial charge in [0.15, 0.2) is 0 Å². The normalized spacial score (nSPS) is 13.7. The van der Waals surface area contributed by atoms with E-state index >= 15 is 0 Å². The lowest BCUT2D eigenvalue weighted by molar-refractivity contribution is 0.669. The molecule has 0 spiro atoms. The quantitative estimate of drug-likeness (QED) is 0.176. The highest BCUT2D eigenvalue weighted by atomic mass is 79.9. The smallest absolute Gasteiger partial charge is 0.136 e. The lowest BCUT2D eigenvalue weighted by Gasteiger charge is -2.15. The summed E-state index contributed by atoms with van der Waals surface area (Å²) >= 11 is 3.77. The van der Waals surface area contributed by atoms with Crippen molar-refractivity contribution in [1.82, 2.24) is 4.57 Å². The van der Waals surface area contributed by atoms with Crippen LogP contribution in [0.15, 0.2) is 185 Å². The lowest BCUT2D eigenvalue weighted by atomic mass is 9.88. The monoisotopic (exact) mass is 727 g/mol. The van der Waals surface area contributed by atoms with E-state index in [2.05, 4.69) is 184 Å². The van der Waals surface area contributed by atoms with Crippen LogP contribution >= 0.6 is 15.9 Å². The number of aromatic nitrogens is 1. The molecule has 10 aromatic rings. The van der Waals surface area contributed by atoms with Crippen molar-refractivity contribution in [2.75, 3.05) is 0 Å². The van der Waals surface area contributed by atoms with Crippen molar-refractivity contribution in [3.05, 3.63) is 197 Å². The van der Waals surface area contributed by atoms with Gasteiger partial charge in [-0.05, 0) is 117 Å². The van der Waals surface area contributed by atoms with Gasteiger partial charge in [0.2, 0.25) is 0 Å². The standard InChI is InChI=1S/C49H30BrNO/c50-43-15-9-17-47-49(43)42-29-34(21-25-46(42)52-47)32-19-23-38-40(27-32)39-26-31(18-22-37(39)48(38)30-10-3-1-4-11-30)33-20-24-45-41(28-33)36-14-7-8-16-44(36)51(45)35-12-5-2-6-13-35/h1-29,48H. The average molecular weight is 729 g/mol. The van der Waals surface area contributed by atoms with Gasteiger partial charge in [-0.1, -0.05) is 125 Å². The molecule has 0 saturated carbocycles. The molecule has 1 aliphatic carbocycles. The number of rotatable bonds is 4. The second-order valence-electron chi connectivity index (χ2n) is 13.8. The first-order chi connectivity index (χ1) is 25.7. The molecule has 0 amide bonds. The Labute approximate surface area is 309 Å². The predicted octanol–water partition coefficient (Wildman–Crippen LogP) is 13.9. The van der Waals surface area contributed by atoms with Gasteiger partial charge in [0.25, 0.3) is 0 Å². The highest BCUT2D eigenvalue weighted by Gasteiger charge is 2.31. The van der Waals surface area contributed by atoms with Crippen molar-refractivity contribution in [2.24, 2.45) is 0 Å². The molecule has 2 nitrogen and oxygen atoms in total. The number of nitrogens with zero attached hydrogens (tertiary/aromatic N) is 1. The molecule has 1 aliphatic rings. The molecular formula is C49H30BrNO. The zero-order valence-corrected chi connectivity index (χ0v) is 29.6. The predicted molar refractivity (Wildman–Crippen MR) is 219 cm³/mol. The first-order valence-electron chi connectivity index (χ1n) is 17.7. The van der Waals surface area contributed by atoms with Crippen molar-refractivity contribution < 1.29 is 4.42 Å². The molecule has 8 aromatic carbocycles. The summed E-state index contributed by atoms with van der Waals surface area (Å²) in [5.41, 5.74) is 16.8. The third-order valence-corrected chi connectivity index (χ3v) is 11.6. The molecular weight excluding hydrogens is 698 g/mol. The summed E-state index contributed by atoms with van der Waals surface area (Å²) in [6.07, 6.45) is 0. The molecule has 0 fully saturated rings. The fraction of sp³-hybridized carbons (Fsp3) is 0.0204. The van der Waals surface area contributed by atoms with Crippen molar-refractivity contribution in [2.45, 2.75) is 5.92 Å². The Kier molecular flexibility index (Phi) is 6.50. The Morgan fingerprint density at radius 1 is 0.442 bits per heavy atom. The van der Waals surface area contributed by atoms with Crippen LogP contribution in [0.2, 0.25) is 0 Å². The van der Waals surface area contributed by atoms with Crippen LogP contribution in [0.5, 0.6) is 0 Å². The molecule has 244 valence electrons. The fourth-order valence-electron chi connectivity index (χ4n) is 8.58.